The van der Waals surface area contributed by atoms with Crippen LogP contribution < -0.4 is 4.74 Å². The molecule has 0 aliphatic carbocycles. The summed E-state index contributed by atoms with van der Waals surface area (Å²) in [5.41, 5.74) is 2.05. The van der Waals surface area contributed by atoms with Crippen molar-refractivity contribution in [1.82, 2.24) is 4.90 Å². The molecule has 0 spiro atoms. The number of hydrogen-bond acceptors (Lipinski definition) is 5. The molecule has 2 aromatic carbocycles. The monoisotopic (exact) mass is 456 g/mol. The number of benzene rings is 2. The third-order valence-electron chi connectivity index (χ3n) is 5.65. The summed E-state index contributed by atoms with van der Waals surface area (Å²) in [6, 6.07) is 18.5. The zero-order chi connectivity index (χ0) is 24.2. The molecule has 0 saturated heterocycles. The van der Waals surface area contributed by atoms with Crippen LogP contribution in [-0.4, -0.2) is 30.4 Å². The van der Waals surface area contributed by atoms with E-state index in [1.807, 2.05) is 18.2 Å². The van der Waals surface area contributed by atoms with Gasteiger partial charge < -0.3 is 9.15 Å². The summed E-state index contributed by atoms with van der Waals surface area (Å²) in [6.45, 7) is 1.70. The van der Waals surface area contributed by atoms with Crippen LogP contribution >= 0.6 is 0 Å². The van der Waals surface area contributed by atoms with Crippen LogP contribution in [0, 0.1) is 17.1 Å². The molecule has 4 rings (SSSR count). The van der Waals surface area contributed by atoms with Crippen molar-refractivity contribution < 1.29 is 23.1 Å². The lowest BCUT2D eigenvalue weighted by atomic mass is 9.94. The topological polar surface area (TPSA) is 83.5 Å². The average Bonchev–Trinajstić information content (AvgIpc) is 3.31. The van der Waals surface area contributed by atoms with E-state index in [0.717, 1.165) is 10.5 Å². The normalized spacial score (nSPS) is 15.1. The first-order valence-electron chi connectivity index (χ1n) is 10.6. The molecule has 0 N–H and O–H groups in total. The fourth-order valence-electron chi connectivity index (χ4n) is 3.71. The second-order valence-corrected chi connectivity index (χ2v) is 7.74. The van der Waals surface area contributed by atoms with Crippen molar-refractivity contribution in [2.75, 3.05) is 13.7 Å². The maximum Gasteiger partial charge on any atom is 0.271 e. The zero-order valence-electron chi connectivity index (χ0n) is 18.7. The van der Waals surface area contributed by atoms with Crippen LogP contribution in [0.1, 0.15) is 18.2 Å². The van der Waals surface area contributed by atoms with Crippen LogP contribution in [0.25, 0.3) is 17.4 Å². The summed E-state index contributed by atoms with van der Waals surface area (Å²) in [4.78, 5) is 27.2. The van der Waals surface area contributed by atoms with Crippen molar-refractivity contribution in [2.45, 2.75) is 13.3 Å². The standard InChI is InChI=1S/C27H21FN2O4/c1-17-23(15-22-11-12-25(34-22)19-5-7-20(28)8-6-19)26(31)30(27(32)24(17)16-29)14-13-18-3-9-21(33-2)10-4-18/h3-12,15H,13-14H2,1-2H3/b23-15+. The molecule has 7 heteroatoms. The molecule has 1 aliphatic heterocycles. The van der Waals surface area contributed by atoms with Crippen LogP contribution in [0.15, 0.2) is 81.8 Å². The highest BCUT2D eigenvalue weighted by molar-refractivity contribution is 6.19. The van der Waals surface area contributed by atoms with E-state index in [0.29, 0.717) is 34.8 Å². The number of halogens is 1. The molecule has 3 aromatic rings. The van der Waals surface area contributed by atoms with Gasteiger partial charge in [-0.15, -0.1) is 0 Å². The zero-order valence-corrected chi connectivity index (χ0v) is 18.7. The Bertz CT molecular complexity index is 1340. The van der Waals surface area contributed by atoms with Gasteiger partial charge in [0.2, 0.25) is 0 Å². The number of nitrogens with zero attached hydrogens (tertiary/aromatic N) is 2. The smallest absolute Gasteiger partial charge is 0.271 e. The minimum atomic E-state index is -0.609. The van der Waals surface area contributed by atoms with Gasteiger partial charge in [-0.3, -0.25) is 14.5 Å². The molecule has 2 heterocycles. The summed E-state index contributed by atoms with van der Waals surface area (Å²) in [6.07, 6.45) is 1.96. The second kappa shape index (κ2) is 9.59. The SMILES string of the molecule is COc1ccc(CCN2C(=O)C(C#N)=C(C)/C(=C\c3ccc(-c4ccc(F)cc4)o3)C2=O)cc1. The van der Waals surface area contributed by atoms with Gasteiger partial charge in [-0.05, 0) is 79.1 Å². The van der Waals surface area contributed by atoms with Crippen LogP contribution in [0.4, 0.5) is 4.39 Å². The summed E-state index contributed by atoms with van der Waals surface area (Å²) < 4.78 is 24.2. The number of nitriles is 1. The van der Waals surface area contributed by atoms with Gasteiger partial charge in [-0.2, -0.15) is 5.26 Å². The molecule has 0 unspecified atom stereocenters. The van der Waals surface area contributed by atoms with E-state index >= 15 is 0 Å². The van der Waals surface area contributed by atoms with E-state index in [9.17, 15) is 19.2 Å². The lowest BCUT2D eigenvalue weighted by Crippen LogP contribution is -2.43. The number of carbonyl (C=O) groups excluding carboxylic acids is 2. The molecule has 0 saturated carbocycles. The van der Waals surface area contributed by atoms with Crippen LogP contribution in [-0.2, 0) is 16.0 Å². The number of hydrogen-bond donors (Lipinski definition) is 0. The van der Waals surface area contributed by atoms with Gasteiger partial charge in [0.1, 0.15) is 34.7 Å². The number of methoxy groups -OCH3 is 1. The van der Waals surface area contributed by atoms with E-state index in [1.54, 1.807) is 50.4 Å². The van der Waals surface area contributed by atoms with Crippen molar-refractivity contribution in [2.24, 2.45) is 0 Å². The summed E-state index contributed by atoms with van der Waals surface area (Å²) in [7, 11) is 1.58. The van der Waals surface area contributed by atoms with Crippen molar-refractivity contribution in [3.05, 3.63) is 94.5 Å². The van der Waals surface area contributed by atoms with E-state index in [2.05, 4.69) is 0 Å². The molecule has 1 aromatic heterocycles. The summed E-state index contributed by atoms with van der Waals surface area (Å²) in [5, 5.41) is 9.58. The first-order valence-corrected chi connectivity index (χ1v) is 10.6. The van der Waals surface area contributed by atoms with E-state index in [-0.39, 0.29) is 23.5 Å². The van der Waals surface area contributed by atoms with Crippen LogP contribution in [0.3, 0.4) is 0 Å². The van der Waals surface area contributed by atoms with Gasteiger partial charge in [-0.25, -0.2) is 4.39 Å². The van der Waals surface area contributed by atoms with Gasteiger partial charge in [0.05, 0.1) is 7.11 Å². The second-order valence-electron chi connectivity index (χ2n) is 7.74. The fraction of sp³-hybridized carbons (Fsp3) is 0.148. The largest absolute Gasteiger partial charge is 0.497 e. The van der Waals surface area contributed by atoms with Gasteiger partial charge in [0, 0.05) is 17.7 Å². The minimum Gasteiger partial charge on any atom is -0.497 e. The molecule has 0 bridgehead atoms. The molecule has 0 fully saturated rings. The number of ether oxygens (including phenoxy) is 1. The van der Waals surface area contributed by atoms with Crippen molar-refractivity contribution >= 4 is 17.9 Å². The summed E-state index contributed by atoms with van der Waals surface area (Å²) >= 11 is 0. The Morgan fingerprint density at radius 1 is 1.03 bits per heavy atom. The molecular weight excluding hydrogens is 435 g/mol. The summed E-state index contributed by atoms with van der Waals surface area (Å²) in [5.74, 6) is 0.142. The predicted octanol–water partition coefficient (Wildman–Crippen LogP) is 4.93. The number of amides is 2. The molecule has 1 aliphatic rings. The Morgan fingerprint density at radius 2 is 1.74 bits per heavy atom. The van der Waals surface area contributed by atoms with Crippen molar-refractivity contribution in [3.63, 3.8) is 0 Å². The van der Waals surface area contributed by atoms with Gasteiger partial charge in [0.15, 0.2) is 0 Å². The predicted molar refractivity (Wildman–Crippen MR) is 124 cm³/mol. The van der Waals surface area contributed by atoms with Crippen molar-refractivity contribution in [1.29, 1.82) is 5.26 Å². The van der Waals surface area contributed by atoms with Crippen molar-refractivity contribution in [3.8, 4) is 23.1 Å². The molecule has 0 radical (unpaired) electrons. The number of furan rings is 1. The number of imide groups is 1. The quantitative estimate of drug-likeness (QED) is 0.388. The lowest BCUT2D eigenvalue weighted by Gasteiger charge is -2.27. The fourth-order valence-corrected chi connectivity index (χ4v) is 3.71. The third kappa shape index (κ3) is 4.52. The highest BCUT2D eigenvalue weighted by atomic mass is 19.1. The molecule has 0 atom stereocenters. The highest BCUT2D eigenvalue weighted by Crippen LogP contribution is 2.29. The third-order valence-corrected chi connectivity index (χ3v) is 5.65. The van der Waals surface area contributed by atoms with Gasteiger partial charge in [-0.1, -0.05) is 12.1 Å². The van der Waals surface area contributed by atoms with Gasteiger partial charge in [0.25, 0.3) is 11.8 Å². The Morgan fingerprint density at radius 3 is 2.38 bits per heavy atom. The average molecular weight is 456 g/mol. The van der Waals surface area contributed by atoms with E-state index in [1.165, 1.54) is 18.2 Å². The van der Waals surface area contributed by atoms with Crippen LogP contribution in [0.2, 0.25) is 0 Å². The molecule has 34 heavy (non-hydrogen) atoms. The van der Waals surface area contributed by atoms with Crippen LogP contribution in [0.5, 0.6) is 5.75 Å². The Hall–Kier alpha value is -4.44. The Balaban J connectivity index is 1.61. The number of rotatable bonds is 6. The maximum absolute atomic E-state index is 13.2. The minimum absolute atomic E-state index is 0.0779. The highest BCUT2D eigenvalue weighted by Gasteiger charge is 2.35. The Kier molecular flexibility index (Phi) is 6.42. The molecule has 6 nitrogen and oxygen atoms in total. The first-order chi connectivity index (χ1) is 16.4. The Labute approximate surface area is 196 Å². The first kappa shape index (κ1) is 22.7. The maximum atomic E-state index is 13.2. The molecule has 2 amide bonds. The molecular formula is C27H21FN2O4. The van der Waals surface area contributed by atoms with E-state index in [4.69, 9.17) is 9.15 Å². The molecule has 170 valence electrons. The number of carbonyl (C=O) groups is 2. The van der Waals surface area contributed by atoms with E-state index < -0.39 is 11.8 Å². The van der Waals surface area contributed by atoms with Gasteiger partial charge >= 0.3 is 0 Å². The lowest BCUT2D eigenvalue weighted by molar-refractivity contribution is -0.140.